The van der Waals surface area contributed by atoms with Crippen LogP contribution in [0.2, 0.25) is 0 Å². The molecule has 0 bridgehead atoms. The molecule has 0 unspecified atom stereocenters. The van der Waals surface area contributed by atoms with Gasteiger partial charge in [0.25, 0.3) is 0 Å². The predicted octanol–water partition coefficient (Wildman–Crippen LogP) is 3.98. The van der Waals surface area contributed by atoms with Gasteiger partial charge in [0.15, 0.2) is 0 Å². The van der Waals surface area contributed by atoms with Crippen LogP contribution in [0.3, 0.4) is 0 Å². The lowest BCUT2D eigenvalue weighted by Crippen LogP contribution is -2.30. The van der Waals surface area contributed by atoms with E-state index in [0.29, 0.717) is 0 Å². The standard InChI is InChI=1S/C14H23BrN2/c1-3-10-17(11-4-2)12-9-16-14-8-6-5-7-13(14)15/h5-8,16H,3-4,9-12H2,1-2H3. The number of nitrogens with zero attached hydrogens (tertiary/aromatic N) is 1. The van der Waals surface area contributed by atoms with Crippen molar-refractivity contribution in [3.8, 4) is 0 Å². The monoisotopic (exact) mass is 298 g/mol. The van der Waals surface area contributed by atoms with E-state index in [2.05, 4.69) is 58.2 Å². The maximum atomic E-state index is 3.55. The average molecular weight is 299 g/mol. The summed E-state index contributed by atoms with van der Waals surface area (Å²) in [6.45, 7) is 9.00. The number of anilines is 1. The summed E-state index contributed by atoms with van der Waals surface area (Å²) >= 11 is 3.55. The molecule has 0 spiro atoms. The van der Waals surface area contributed by atoms with Crippen LogP contribution in [0.5, 0.6) is 0 Å². The fourth-order valence-corrected chi connectivity index (χ4v) is 2.35. The highest BCUT2D eigenvalue weighted by molar-refractivity contribution is 9.10. The van der Waals surface area contributed by atoms with Gasteiger partial charge in [-0.25, -0.2) is 0 Å². The van der Waals surface area contributed by atoms with Gasteiger partial charge >= 0.3 is 0 Å². The van der Waals surface area contributed by atoms with Gasteiger partial charge in [-0.15, -0.1) is 0 Å². The van der Waals surface area contributed by atoms with Crippen molar-refractivity contribution in [3.05, 3.63) is 28.7 Å². The van der Waals surface area contributed by atoms with Crippen LogP contribution in [0.1, 0.15) is 26.7 Å². The number of para-hydroxylation sites is 1. The van der Waals surface area contributed by atoms with Crippen molar-refractivity contribution in [2.75, 3.05) is 31.5 Å². The number of benzene rings is 1. The van der Waals surface area contributed by atoms with E-state index in [4.69, 9.17) is 0 Å². The van der Waals surface area contributed by atoms with Crippen LogP contribution in [0.4, 0.5) is 5.69 Å². The van der Waals surface area contributed by atoms with Crippen LogP contribution in [0.25, 0.3) is 0 Å². The largest absolute Gasteiger partial charge is 0.383 e. The van der Waals surface area contributed by atoms with Crippen molar-refractivity contribution in [1.29, 1.82) is 0 Å². The summed E-state index contributed by atoms with van der Waals surface area (Å²) in [4.78, 5) is 2.52. The Bertz CT molecular complexity index is 309. The highest BCUT2D eigenvalue weighted by atomic mass is 79.9. The zero-order valence-electron chi connectivity index (χ0n) is 10.9. The lowest BCUT2D eigenvalue weighted by molar-refractivity contribution is 0.285. The van der Waals surface area contributed by atoms with Gasteiger partial charge in [-0.05, 0) is 54.0 Å². The molecule has 0 aromatic heterocycles. The normalized spacial score (nSPS) is 10.8. The van der Waals surface area contributed by atoms with Gasteiger partial charge in [-0.1, -0.05) is 26.0 Å². The summed E-state index contributed by atoms with van der Waals surface area (Å²) in [6.07, 6.45) is 2.46. The number of hydrogen-bond acceptors (Lipinski definition) is 2. The van der Waals surface area contributed by atoms with Crippen molar-refractivity contribution in [2.45, 2.75) is 26.7 Å². The molecule has 0 saturated carbocycles. The van der Waals surface area contributed by atoms with E-state index in [1.165, 1.54) is 31.6 Å². The Morgan fingerprint density at radius 1 is 1.06 bits per heavy atom. The van der Waals surface area contributed by atoms with E-state index >= 15 is 0 Å². The number of halogens is 1. The zero-order chi connectivity index (χ0) is 12.5. The van der Waals surface area contributed by atoms with Crippen molar-refractivity contribution < 1.29 is 0 Å². The first-order chi connectivity index (χ1) is 8.27. The molecule has 1 rings (SSSR count). The topological polar surface area (TPSA) is 15.3 Å². The number of rotatable bonds is 8. The zero-order valence-corrected chi connectivity index (χ0v) is 12.5. The first kappa shape index (κ1) is 14.5. The summed E-state index contributed by atoms with van der Waals surface area (Å²) in [5.74, 6) is 0. The molecule has 3 heteroatoms. The third-order valence-electron chi connectivity index (χ3n) is 2.70. The molecule has 2 nitrogen and oxygen atoms in total. The quantitative estimate of drug-likeness (QED) is 0.781. The Balaban J connectivity index is 2.33. The minimum absolute atomic E-state index is 1.00. The number of nitrogens with one attached hydrogen (secondary N) is 1. The second-order valence-corrected chi connectivity index (χ2v) is 5.10. The smallest absolute Gasteiger partial charge is 0.0485 e. The Labute approximate surface area is 114 Å². The molecule has 1 aromatic rings. The third kappa shape index (κ3) is 5.55. The average Bonchev–Trinajstić information content (AvgIpc) is 2.32. The highest BCUT2D eigenvalue weighted by Crippen LogP contribution is 2.20. The summed E-state index contributed by atoms with van der Waals surface area (Å²) < 4.78 is 1.14. The SMILES string of the molecule is CCCN(CCC)CCNc1ccccc1Br. The first-order valence-corrected chi connectivity index (χ1v) is 7.28. The lowest BCUT2D eigenvalue weighted by Gasteiger charge is -2.21. The van der Waals surface area contributed by atoms with Crippen LogP contribution in [0.15, 0.2) is 28.7 Å². The predicted molar refractivity (Wildman–Crippen MR) is 79.7 cm³/mol. The Hall–Kier alpha value is -0.540. The van der Waals surface area contributed by atoms with Crippen LogP contribution in [0, 0.1) is 0 Å². The first-order valence-electron chi connectivity index (χ1n) is 6.48. The van der Waals surface area contributed by atoms with Gasteiger partial charge in [-0.3, -0.25) is 0 Å². The van der Waals surface area contributed by atoms with Crippen LogP contribution >= 0.6 is 15.9 Å². The molecule has 1 N–H and O–H groups in total. The fraction of sp³-hybridized carbons (Fsp3) is 0.571. The fourth-order valence-electron chi connectivity index (χ4n) is 1.92. The lowest BCUT2D eigenvalue weighted by atomic mass is 10.3. The maximum absolute atomic E-state index is 3.55. The highest BCUT2D eigenvalue weighted by Gasteiger charge is 2.02. The second-order valence-electron chi connectivity index (χ2n) is 4.25. The molecule has 0 heterocycles. The molecule has 0 amide bonds. The summed E-state index contributed by atoms with van der Waals surface area (Å²) in [7, 11) is 0. The van der Waals surface area contributed by atoms with Crippen molar-refractivity contribution in [2.24, 2.45) is 0 Å². The van der Waals surface area contributed by atoms with Crippen LogP contribution < -0.4 is 5.32 Å². The van der Waals surface area contributed by atoms with Gasteiger partial charge in [0.1, 0.15) is 0 Å². The molecule has 0 aliphatic heterocycles. The van der Waals surface area contributed by atoms with Gasteiger partial charge in [0.05, 0.1) is 0 Å². The van der Waals surface area contributed by atoms with Crippen LogP contribution in [-0.2, 0) is 0 Å². The van der Waals surface area contributed by atoms with Gasteiger partial charge in [0.2, 0.25) is 0 Å². The molecule has 1 aromatic carbocycles. The Kier molecular flexibility index (Phi) is 7.29. The molecule has 0 atom stereocenters. The van der Waals surface area contributed by atoms with Gasteiger partial charge in [0, 0.05) is 23.2 Å². The molecule has 17 heavy (non-hydrogen) atoms. The molecule has 96 valence electrons. The molecular formula is C14H23BrN2. The van der Waals surface area contributed by atoms with E-state index < -0.39 is 0 Å². The second kappa shape index (κ2) is 8.54. The Morgan fingerprint density at radius 2 is 1.71 bits per heavy atom. The molecule has 0 fully saturated rings. The van der Waals surface area contributed by atoms with E-state index in [0.717, 1.165) is 17.6 Å². The summed E-state index contributed by atoms with van der Waals surface area (Å²) in [6, 6.07) is 8.27. The van der Waals surface area contributed by atoms with E-state index in [9.17, 15) is 0 Å². The third-order valence-corrected chi connectivity index (χ3v) is 3.39. The van der Waals surface area contributed by atoms with E-state index in [1.54, 1.807) is 0 Å². The molecule has 0 saturated heterocycles. The van der Waals surface area contributed by atoms with Gasteiger partial charge < -0.3 is 10.2 Å². The minimum atomic E-state index is 1.00. The Morgan fingerprint density at radius 3 is 2.29 bits per heavy atom. The van der Waals surface area contributed by atoms with Crippen molar-refractivity contribution >= 4 is 21.6 Å². The summed E-state index contributed by atoms with van der Waals surface area (Å²) in [5.41, 5.74) is 1.18. The summed E-state index contributed by atoms with van der Waals surface area (Å²) in [5, 5.41) is 3.47. The van der Waals surface area contributed by atoms with Crippen molar-refractivity contribution in [3.63, 3.8) is 0 Å². The molecule has 0 aliphatic carbocycles. The van der Waals surface area contributed by atoms with E-state index in [1.807, 2.05) is 6.07 Å². The maximum Gasteiger partial charge on any atom is 0.0485 e. The molecular weight excluding hydrogens is 276 g/mol. The number of hydrogen-bond donors (Lipinski definition) is 1. The van der Waals surface area contributed by atoms with E-state index in [-0.39, 0.29) is 0 Å². The van der Waals surface area contributed by atoms with Gasteiger partial charge in [-0.2, -0.15) is 0 Å². The molecule has 0 radical (unpaired) electrons. The van der Waals surface area contributed by atoms with Crippen molar-refractivity contribution in [1.82, 2.24) is 4.90 Å². The van der Waals surface area contributed by atoms with Crippen LogP contribution in [-0.4, -0.2) is 31.1 Å². The minimum Gasteiger partial charge on any atom is -0.383 e. The molecule has 0 aliphatic rings.